The van der Waals surface area contributed by atoms with E-state index in [1.165, 1.54) is 0 Å². The summed E-state index contributed by atoms with van der Waals surface area (Å²) in [6, 6.07) is 12.7. The molecule has 0 aliphatic rings. The Hall–Kier alpha value is -2.18. The number of benzene rings is 2. The zero-order chi connectivity index (χ0) is 19.5. The van der Waals surface area contributed by atoms with Crippen LogP contribution in [0.15, 0.2) is 47.4 Å². The minimum absolute atomic E-state index is 0.0316. The van der Waals surface area contributed by atoms with Gasteiger partial charge in [-0.25, -0.2) is 13.1 Å². The molecule has 26 heavy (non-hydrogen) atoms. The van der Waals surface area contributed by atoms with E-state index < -0.39 is 15.9 Å². The van der Waals surface area contributed by atoms with Crippen molar-refractivity contribution in [2.75, 3.05) is 11.9 Å². The van der Waals surface area contributed by atoms with Crippen LogP contribution in [0.4, 0.5) is 5.69 Å². The monoisotopic (exact) mass is 374 g/mol. The maximum Gasteiger partial charge on any atom is 0.241 e. The van der Waals surface area contributed by atoms with Crippen molar-refractivity contribution < 1.29 is 13.2 Å². The SMILES string of the molecule is Cc1ccc(C)c(S(=O)(=O)NCC(=O)Nc2ccc(C(C)(C)C)cc2)c1. The highest BCUT2D eigenvalue weighted by Crippen LogP contribution is 2.23. The van der Waals surface area contributed by atoms with Crippen LogP contribution in [0.25, 0.3) is 0 Å². The molecule has 0 aliphatic carbocycles. The van der Waals surface area contributed by atoms with Crippen LogP contribution in [0, 0.1) is 13.8 Å². The van der Waals surface area contributed by atoms with E-state index in [1.54, 1.807) is 19.1 Å². The summed E-state index contributed by atoms with van der Waals surface area (Å²) in [6.07, 6.45) is 0. The molecule has 0 radical (unpaired) electrons. The second-order valence-corrected chi connectivity index (χ2v) is 9.20. The largest absolute Gasteiger partial charge is 0.325 e. The highest BCUT2D eigenvalue weighted by atomic mass is 32.2. The van der Waals surface area contributed by atoms with Gasteiger partial charge in [-0.2, -0.15) is 0 Å². The van der Waals surface area contributed by atoms with Crippen LogP contribution in [-0.4, -0.2) is 20.9 Å². The number of rotatable bonds is 5. The zero-order valence-corrected chi connectivity index (χ0v) is 16.7. The van der Waals surface area contributed by atoms with Crippen LogP contribution in [-0.2, 0) is 20.2 Å². The van der Waals surface area contributed by atoms with E-state index in [1.807, 2.05) is 37.3 Å². The van der Waals surface area contributed by atoms with E-state index in [2.05, 4.69) is 30.8 Å². The summed E-state index contributed by atoms with van der Waals surface area (Å²) >= 11 is 0. The van der Waals surface area contributed by atoms with Gasteiger partial charge in [-0.1, -0.05) is 45.0 Å². The molecular formula is C20H26N2O3S. The molecule has 0 atom stereocenters. The molecule has 2 rings (SSSR count). The van der Waals surface area contributed by atoms with Gasteiger partial charge >= 0.3 is 0 Å². The number of nitrogens with one attached hydrogen (secondary N) is 2. The van der Waals surface area contributed by atoms with E-state index in [4.69, 9.17) is 0 Å². The van der Waals surface area contributed by atoms with E-state index in [0.29, 0.717) is 11.3 Å². The lowest BCUT2D eigenvalue weighted by Gasteiger charge is -2.19. The molecule has 6 heteroatoms. The van der Waals surface area contributed by atoms with Crippen LogP contribution in [0.1, 0.15) is 37.5 Å². The molecule has 0 spiro atoms. The zero-order valence-electron chi connectivity index (χ0n) is 15.9. The molecule has 140 valence electrons. The first-order valence-electron chi connectivity index (χ1n) is 8.46. The highest BCUT2D eigenvalue weighted by Gasteiger charge is 2.18. The number of carbonyl (C=O) groups is 1. The minimum Gasteiger partial charge on any atom is -0.325 e. The predicted octanol–water partition coefficient (Wildman–Crippen LogP) is 3.52. The molecule has 0 bridgehead atoms. The number of carbonyl (C=O) groups excluding carboxylic acids is 1. The molecule has 2 aromatic carbocycles. The van der Waals surface area contributed by atoms with Gasteiger partial charge in [-0.3, -0.25) is 4.79 Å². The van der Waals surface area contributed by atoms with Gasteiger partial charge in [-0.15, -0.1) is 0 Å². The Labute approximate surface area is 155 Å². The first-order chi connectivity index (χ1) is 12.0. The quantitative estimate of drug-likeness (QED) is 0.841. The summed E-state index contributed by atoms with van der Waals surface area (Å²) in [5.74, 6) is -0.414. The van der Waals surface area contributed by atoms with Crippen molar-refractivity contribution in [1.82, 2.24) is 4.72 Å². The fourth-order valence-electron chi connectivity index (χ4n) is 2.49. The summed E-state index contributed by atoms with van der Waals surface area (Å²) < 4.78 is 27.2. The lowest BCUT2D eigenvalue weighted by molar-refractivity contribution is -0.115. The van der Waals surface area contributed by atoms with Gasteiger partial charge in [0.05, 0.1) is 11.4 Å². The number of sulfonamides is 1. The molecular weight excluding hydrogens is 348 g/mol. The molecule has 5 nitrogen and oxygen atoms in total. The Morgan fingerprint density at radius 1 is 1.00 bits per heavy atom. The molecule has 0 aromatic heterocycles. The van der Waals surface area contributed by atoms with Gasteiger partial charge in [0.15, 0.2) is 0 Å². The maximum absolute atomic E-state index is 12.4. The Morgan fingerprint density at radius 3 is 2.19 bits per heavy atom. The minimum atomic E-state index is -3.74. The van der Waals surface area contributed by atoms with Crippen molar-refractivity contribution in [3.05, 3.63) is 59.2 Å². The number of amides is 1. The third-order valence-electron chi connectivity index (χ3n) is 4.09. The van der Waals surface area contributed by atoms with Crippen LogP contribution >= 0.6 is 0 Å². The topological polar surface area (TPSA) is 75.3 Å². The van der Waals surface area contributed by atoms with Gasteiger partial charge in [0, 0.05) is 5.69 Å². The first-order valence-corrected chi connectivity index (χ1v) is 9.95. The molecule has 2 aromatic rings. The summed E-state index contributed by atoms with van der Waals surface area (Å²) in [7, 11) is -3.74. The summed E-state index contributed by atoms with van der Waals surface area (Å²) in [5.41, 5.74) is 3.31. The smallest absolute Gasteiger partial charge is 0.241 e. The highest BCUT2D eigenvalue weighted by molar-refractivity contribution is 7.89. The molecule has 0 saturated carbocycles. The van der Waals surface area contributed by atoms with E-state index in [9.17, 15) is 13.2 Å². The Balaban J connectivity index is 2.01. The van der Waals surface area contributed by atoms with Crippen LogP contribution in [0.3, 0.4) is 0 Å². The standard InChI is InChI=1S/C20H26N2O3S/c1-14-6-7-15(2)18(12-14)26(24,25)21-13-19(23)22-17-10-8-16(9-11-17)20(3,4)5/h6-12,21H,13H2,1-5H3,(H,22,23). The lowest BCUT2D eigenvalue weighted by atomic mass is 9.87. The van der Waals surface area contributed by atoms with Crippen LogP contribution in [0.2, 0.25) is 0 Å². The third kappa shape index (κ3) is 5.16. The molecule has 0 heterocycles. The van der Waals surface area contributed by atoms with Crippen molar-refractivity contribution in [2.24, 2.45) is 0 Å². The number of anilines is 1. The van der Waals surface area contributed by atoms with Gasteiger partial charge < -0.3 is 5.32 Å². The Morgan fingerprint density at radius 2 is 1.62 bits per heavy atom. The number of aryl methyl sites for hydroxylation is 2. The van der Waals surface area contributed by atoms with E-state index >= 15 is 0 Å². The second-order valence-electron chi connectivity index (χ2n) is 7.47. The molecule has 0 fully saturated rings. The Kier molecular flexibility index (Phi) is 5.88. The molecule has 0 unspecified atom stereocenters. The number of hydrogen-bond donors (Lipinski definition) is 2. The van der Waals surface area contributed by atoms with E-state index in [0.717, 1.165) is 11.1 Å². The normalized spacial score (nSPS) is 12.0. The van der Waals surface area contributed by atoms with Gasteiger partial charge in [-0.05, 0) is 54.2 Å². The summed E-state index contributed by atoms with van der Waals surface area (Å²) in [4.78, 5) is 12.3. The third-order valence-corrected chi connectivity index (χ3v) is 5.63. The number of hydrogen-bond acceptors (Lipinski definition) is 3. The van der Waals surface area contributed by atoms with Crippen LogP contribution < -0.4 is 10.0 Å². The van der Waals surface area contributed by atoms with Crippen LogP contribution in [0.5, 0.6) is 0 Å². The van der Waals surface area contributed by atoms with Gasteiger partial charge in [0.25, 0.3) is 0 Å². The average Bonchev–Trinajstić information content (AvgIpc) is 2.55. The fourth-order valence-corrected chi connectivity index (χ4v) is 3.80. The molecule has 0 aliphatic heterocycles. The van der Waals surface area contributed by atoms with Crippen molar-refractivity contribution in [1.29, 1.82) is 0 Å². The molecule has 2 N–H and O–H groups in total. The van der Waals surface area contributed by atoms with Gasteiger partial charge in [0.1, 0.15) is 0 Å². The molecule has 1 amide bonds. The van der Waals surface area contributed by atoms with Crippen molar-refractivity contribution in [3.63, 3.8) is 0 Å². The maximum atomic E-state index is 12.4. The lowest BCUT2D eigenvalue weighted by Crippen LogP contribution is -2.33. The molecule has 0 saturated heterocycles. The fraction of sp³-hybridized carbons (Fsp3) is 0.350. The Bertz CT molecular complexity index is 896. The average molecular weight is 375 g/mol. The summed E-state index contributed by atoms with van der Waals surface area (Å²) in [6.45, 7) is 9.57. The second kappa shape index (κ2) is 7.60. The van der Waals surface area contributed by atoms with Gasteiger partial charge in [0.2, 0.25) is 15.9 Å². The first kappa shape index (κ1) is 20.1. The van der Waals surface area contributed by atoms with Crippen molar-refractivity contribution in [3.8, 4) is 0 Å². The van der Waals surface area contributed by atoms with E-state index in [-0.39, 0.29) is 16.9 Å². The van der Waals surface area contributed by atoms with Crippen molar-refractivity contribution in [2.45, 2.75) is 44.9 Å². The predicted molar refractivity (Wildman–Crippen MR) is 105 cm³/mol. The van der Waals surface area contributed by atoms with Crippen molar-refractivity contribution >= 4 is 21.6 Å². The summed E-state index contributed by atoms with van der Waals surface area (Å²) in [5, 5.41) is 2.70.